The van der Waals surface area contributed by atoms with Gasteiger partial charge >= 0.3 is 0 Å². The van der Waals surface area contributed by atoms with Gasteiger partial charge in [-0.05, 0) is 43.3 Å². The van der Waals surface area contributed by atoms with E-state index in [1.807, 2.05) is 0 Å². The van der Waals surface area contributed by atoms with Gasteiger partial charge in [-0.2, -0.15) is 0 Å². The second kappa shape index (κ2) is 6.13. The Labute approximate surface area is 116 Å². The molecule has 0 saturated heterocycles. The molecular formula is C15H14ClF2N. The highest BCUT2D eigenvalue weighted by molar-refractivity contribution is 6.31. The molecule has 0 aromatic heterocycles. The molecule has 1 unspecified atom stereocenters. The second-order valence-corrected chi connectivity index (χ2v) is 4.71. The normalized spacial score (nSPS) is 12.4. The van der Waals surface area contributed by atoms with Crippen molar-refractivity contribution in [2.24, 2.45) is 0 Å². The zero-order valence-electron chi connectivity index (χ0n) is 10.5. The van der Waals surface area contributed by atoms with Crippen molar-refractivity contribution in [3.05, 3.63) is 70.2 Å². The molecule has 1 nitrogen and oxygen atoms in total. The van der Waals surface area contributed by atoms with Crippen molar-refractivity contribution in [2.45, 2.75) is 12.5 Å². The molecule has 0 spiro atoms. The Hall–Kier alpha value is -1.45. The lowest BCUT2D eigenvalue weighted by molar-refractivity contribution is 0.549. The molecule has 2 aromatic carbocycles. The van der Waals surface area contributed by atoms with Gasteiger partial charge in [-0.3, -0.25) is 0 Å². The molecule has 2 aromatic rings. The number of hydrogen-bond acceptors (Lipinski definition) is 1. The minimum absolute atomic E-state index is 0.190. The van der Waals surface area contributed by atoms with E-state index < -0.39 is 0 Å². The van der Waals surface area contributed by atoms with E-state index in [4.69, 9.17) is 11.6 Å². The molecule has 1 N–H and O–H groups in total. The molecular weight excluding hydrogens is 268 g/mol. The number of halogens is 3. The third kappa shape index (κ3) is 3.31. The predicted molar refractivity (Wildman–Crippen MR) is 73.3 cm³/mol. The first-order chi connectivity index (χ1) is 9.11. The lowest BCUT2D eigenvalue weighted by Gasteiger charge is -2.18. The van der Waals surface area contributed by atoms with Gasteiger partial charge in [0, 0.05) is 16.6 Å². The number of likely N-dealkylation sites (N-methyl/N-ethyl adjacent to an activating group) is 1. The summed E-state index contributed by atoms with van der Waals surface area (Å²) in [6.45, 7) is 0. The minimum Gasteiger partial charge on any atom is -0.313 e. The van der Waals surface area contributed by atoms with Crippen LogP contribution in [-0.4, -0.2) is 7.05 Å². The van der Waals surface area contributed by atoms with Crippen molar-refractivity contribution < 1.29 is 8.78 Å². The van der Waals surface area contributed by atoms with Crippen LogP contribution >= 0.6 is 11.6 Å². The zero-order chi connectivity index (χ0) is 13.8. The van der Waals surface area contributed by atoms with Crippen LogP contribution in [0, 0.1) is 11.6 Å². The van der Waals surface area contributed by atoms with Crippen LogP contribution in [0.5, 0.6) is 0 Å². The second-order valence-electron chi connectivity index (χ2n) is 4.30. The van der Waals surface area contributed by atoms with Gasteiger partial charge in [-0.15, -0.1) is 0 Å². The first-order valence-electron chi connectivity index (χ1n) is 5.97. The van der Waals surface area contributed by atoms with E-state index in [1.165, 1.54) is 18.2 Å². The van der Waals surface area contributed by atoms with E-state index in [1.54, 1.807) is 31.3 Å². The van der Waals surface area contributed by atoms with Gasteiger partial charge in [0.1, 0.15) is 11.6 Å². The Bertz CT molecular complexity index is 552. The predicted octanol–water partition coefficient (Wildman–Crippen LogP) is 4.12. The fourth-order valence-electron chi connectivity index (χ4n) is 2.04. The molecule has 0 fully saturated rings. The number of nitrogens with one attached hydrogen (secondary N) is 1. The van der Waals surface area contributed by atoms with Crippen LogP contribution in [0.1, 0.15) is 17.2 Å². The summed E-state index contributed by atoms with van der Waals surface area (Å²) in [4.78, 5) is 0. The maximum atomic E-state index is 13.8. The summed E-state index contributed by atoms with van der Waals surface area (Å²) >= 11 is 6.01. The molecule has 1 atom stereocenters. The van der Waals surface area contributed by atoms with E-state index in [0.717, 1.165) is 5.56 Å². The van der Waals surface area contributed by atoms with E-state index >= 15 is 0 Å². The Balaban J connectivity index is 2.29. The van der Waals surface area contributed by atoms with Crippen molar-refractivity contribution in [1.82, 2.24) is 5.32 Å². The maximum Gasteiger partial charge on any atom is 0.127 e. The highest BCUT2D eigenvalue weighted by atomic mass is 35.5. The Kier molecular flexibility index (Phi) is 4.51. The molecule has 4 heteroatoms. The lowest BCUT2D eigenvalue weighted by atomic mass is 9.98. The SMILES string of the molecule is CNC(Cc1c(F)cccc1Cl)c1cccc(F)c1. The zero-order valence-corrected chi connectivity index (χ0v) is 11.2. The van der Waals surface area contributed by atoms with Gasteiger partial charge in [-0.25, -0.2) is 8.78 Å². The van der Waals surface area contributed by atoms with Crippen molar-refractivity contribution in [2.75, 3.05) is 7.05 Å². The monoisotopic (exact) mass is 281 g/mol. The van der Waals surface area contributed by atoms with E-state index in [-0.39, 0.29) is 17.7 Å². The van der Waals surface area contributed by atoms with Crippen molar-refractivity contribution in [1.29, 1.82) is 0 Å². The van der Waals surface area contributed by atoms with Crippen molar-refractivity contribution in [3.63, 3.8) is 0 Å². The van der Waals surface area contributed by atoms with Gasteiger partial charge in [-0.1, -0.05) is 29.8 Å². The highest BCUT2D eigenvalue weighted by Crippen LogP contribution is 2.25. The number of benzene rings is 2. The average Bonchev–Trinajstić information content (AvgIpc) is 2.38. The summed E-state index contributed by atoms with van der Waals surface area (Å²) in [7, 11) is 1.75. The topological polar surface area (TPSA) is 12.0 Å². The Morgan fingerprint density at radius 2 is 1.89 bits per heavy atom. The summed E-state index contributed by atoms with van der Waals surface area (Å²) in [5.74, 6) is -0.651. The quantitative estimate of drug-likeness (QED) is 0.889. The van der Waals surface area contributed by atoms with Crippen LogP contribution in [0.2, 0.25) is 5.02 Å². The van der Waals surface area contributed by atoms with Crippen LogP contribution in [0.3, 0.4) is 0 Å². The number of hydrogen-bond donors (Lipinski definition) is 1. The summed E-state index contributed by atoms with van der Waals surface area (Å²) in [5, 5.41) is 3.44. The van der Waals surface area contributed by atoms with Gasteiger partial charge in [0.25, 0.3) is 0 Å². The fourth-order valence-corrected chi connectivity index (χ4v) is 2.28. The third-order valence-corrected chi connectivity index (χ3v) is 3.42. The van der Waals surface area contributed by atoms with Crippen molar-refractivity contribution in [3.8, 4) is 0 Å². The van der Waals surface area contributed by atoms with Crippen LogP contribution in [0.25, 0.3) is 0 Å². The molecule has 100 valence electrons. The van der Waals surface area contributed by atoms with Crippen LogP contribution in [0.15, 0.2) is 42.5 Å². The van der Waals surface area contributed by atoms with Crippen molar-refractivity contribution >= 4 is 11.6 Å². The Morgan fingerprint density at radius 3 is 2.53 bits per heavy atom. The molecule has 2 rings (SSSR count). The largest absolute Gasteiger partial charge is 0.313 e. The van der Waals surface area contributed by atoms with Crippen LogP contribution < -0.4 is 5.32 Å². The summed E-state index contributed by atoms with van der Waals surface area (Å²) in [5.41, 5.74) is 1.20. The Morgan fingerprint density at radius 1 is 1.16 bits per heavy atom. The molecule has 0 heterocycles. The first kappa shape index (κ1) is 14.0. The highest BCUT2D eigenvalue weighted by Gasteiger charge is 2.15. The van der Waals surface area contributed by atoms with Crippen LogP contribution in [-0.2, 0) is 6.42 Å². The van der Waals surface area contributed by atoms with Gasteiger partial charge in [0.2, 0.25) is 0 Å². The van der Waals surface area contributed by atoms with Gasteiger partial charge < -0.3 is 5.32 Å². The molecule has 19 heavy (non-hydrogen) atoms. The maximum absolute atomic E-state index is 13.8. The molecule has 0 bridgehead atoms. The van der Waals surface area contributed by atoms with E-state index in [9.17, 15) is 8.78 Å². The first-order valence-corrected chi connectivity index (χ1v) is 6.35. The fraction of sp³-hybridized carbons (Fsp3) is 0.200. The smallest absolute Gasteiger partial charge is 0.127 e. The molecule has 0 radical (unpaired) electrons. The molecule has 0 aliphatic rings. The summed E-state index contributed by atoms with van der Waals surface area (Å²) in [6, 6.07) is 10.7. The molecule has 0 amide bonds. The van der Waals surface area contributed by atoms with Gasteiger partial charge in [0.05, 0.1) is 0 Å². The van der Waals surface area contributed by atoms with E-state index in [0.29, 0.717) is 17.0 Å². The average molecular weight is 282 g/mol. The minimum atomic E-state index is -0.343. The molecule has 0 aliphatic carbocycles. The van der Waals surface area contributed by atoms with E-state index in [2.05, 4.69) is 5.32 Å². The summed E-state index contributed by atoms with van der Waals surface area (Å²) < 4.78 is 27.0. The third-order valence-electron chi connectivity index (χ3n) is 3.07. The summed E-state index contributed by atoms with van der Waals surface area (Å²) in [6.07, 6.45) is 0.367. The lowest BCUT2D eigenvalue weighted by Crippen LogP contribution is -2.19. The van der Waals surface area contributed by atoms with Crippen LogP contribution in [0.4, 0.5) is 8.78 Å². The molecule has 0 aliphatic heterocycles. The number of rotatable bonds is 4. The van der Waals surface area contributed by atoms with Gasteiger partial charge in [0.15, 0.2) is 0 Å². The molecule has 0 saturated carbocycles. The standard InChI is InChI=1S/C15H14ClF2N/c1-19-15(10-4-2-5-11(17)8-10)9-12-13(16)6-3-7-14(12)18/h2-8,15,19H,9H2,1H3.